The lowest BCUT2D eigenvalue weighted by Crippen LogP contribution is -2.23. The van der Waals surface area contributed by atoms with Gasteiger partial charge in [0.1, 0.15) is 0 Å². The summed E-state index contributed by atoms with van der Waals surface area (Å²) in [6, 6.07) is 4.89. The number of benzene rings is 1. The molecule has 1 aromatic rings. The number of aliphatic hydroxyl groups excluding tert-OH is 1. The first-order valence-corrected chi connectivity index (χ1v) is 4.91. The second-order valence-corrected chi connectivity index (χ2v) is 3.71. The van der Waals surface area contributed by atoms with Crippen molar-refractivity contribution in [2.24, 2.45) is 5.73 Å². The van der Waals surface area contributed by atoms with Gasteiger partial charge in [-0.05, 0) is 18.6 Å². The third-order valence-corrected chi connectivity index (χ3v) is 2.48. The first kappa shape index (κ1) is 13.0. The van der Waals surface area contributed by atoms with Crippen LogP contribution in [0.25, 0.3) is 0 Å². The number of halogens is 3. The van der Waals surface area contributed by atoms with Crippen molar-refractivity contribution in [3.8, 4) is 0 Å². The van der Waals surface area contributed by atoms with Crippen molar-refractivity contribution in [2.75, 3.05) is 6.54 Å². The first-order chi connectivity index (χ1) is 7.36. The fourth-order valence-corrected chi connectivity index (χ4v) is 1.56. The summed E-state index contributed by atoms with van der Waals surface area (Å²) in [6.45, 7) is 1.62. The van der Waals surface area contributed by atoms with Crippen molar-refractivity contribution in [2.45, 2.75) is 25.1 Å². The lowest BCUT2D eigenvalue weighted by atomic mass is 9.93. The molecule has 2 nitrogen and oxygen atoms in total. The SMILES string of the molecule is CC(O)C(CN)c1cccc(C(F)(F)F)c1. The quantitative estimate of drug-likeness (QED) is 0.840. The maximum Gasteiger partial charge on any atom is 0.416 e. The smallest absolute Gasteiger partial charge is 0.393 e. The van der Waals surface area contributed by atoms with Gasteiger partial charge < -0.3 is 10.8 Å². The molecule has 0 aliphatic rings. The van der Waals surface area contributed by atoms with Crippen LogP contribution in [0.4, 0.5) is 13.2 Å². The molecule has 0 heterocycles. The number of rotatable bonds is 3. The first-order valence-electron chi connectivity index (χ1n) is 4.91. The van der Waals surface area contributed by atoms with E-state index in [1.807, 2.05) is 0 Å². The number of aliphatic hydroxyl groups is 1. The largest absolute Gasteiger partial charge is 0.416 e. The van der Waals surface area contributed by atoms with Crippen molar-refractivity contribution in [3.05, 3.63) is 35.4 Å². The summed E-state index contributed by atoms with van der Waals surface area (Å²) in [4.78, 5) is 0. The van der Waals surface area contributed by atoms with E-state index in [2.05, 4.69) is 0 Å². The average Bonchev–Trinajstić information content (AvgIpc) is 2.17. The highest BCUT2D eigenvalue weighted by Crippen LogP contribution is 2.31. The zero-order valence-corrected chi connectivity index (χ0v) is 8.83. The van der Waals surface area contributed by atoms with Crippen molar-refractivity contribution in [3.63, 3.8) is 0 Å². The van der Waals surface area contributed by atoms with E-state index in [0.717, 1.165) is 12.1 Å². The van der Waals surface area contributed by atoms with Gasteiger partial charge in [-0.3, -0.25) is 0 Å². The number of alkyl halides is 3. The van der Waals surface area contributed by atoms with Crippen LogP contribution in [0.15, 0.2) is 24.3 Å². The highest BCUT2D eigenvalue weighted by atomic mass is 19.4. The minimum Gasteiger partial charge on any atom is -0.393 e. The topological polar surface area (TPSA) is 46.2 Å². The second-order valence-electron chi connectivity index (χ2n) is 3.71. The van der Waals surface area contributed by atoms with Gasteiger partial charge in [0.15, 0.2) is 0 Å². The van der Waals surface area contributed by atoms with Crippen molar-refractivity contribution >= 4 is 0 Å². The molecule has 1 rings (SSSR count). The molecule has 0 fully saturated rings. The average molecular weight is 233 g/mol. The Balaban J connectivity index is 3.07. The zero-order chi connectivity index (χ0) is 12.3. The summed E-state index contributed by atoms with van der Waals surface area (Å²) >= 11 is 0. The Kier molecular flexibility index (Phi) is 3.93. The number of hydrogen-bond acceptors (Lipinski definition) is 2. The molecule has 0 saturated carbocycles. The standard InChI is InChI=1S/C11H14F3NO/c1-7(16)10(6-15)8-3-2-4-9(5-8)11(12,13)14/h2-5,7,10,16H,6,15H2,1H3. The molecule has 90 valence electrons. The van der Waals surface area contributed by atoms with Gasteiger partial charge in [-0.1, -0.05) is 18.2 Å². The van der Waals surface area contributed by atoms with Crippen LogP contribution < -0.4 is 5.73 Å². The van der Waals surface area contributed by atoms with Gasteiger partial charge in [-0.2, -0.15) is 13.2 Å². The fraction of sp³-hybridized carbons (Fsp3) is 0.455. The molecule has 0 aromatic heterocycles. The zero-order valence-electron chi connectivity index (χ0n) is 8.83. The molecule has 0 amide bonds. The summed E-state index contributed by atoms with van der Waals surface area (Å²) in [5, 5.41) is 9.40. The molecular formula is C11H14F3NO. The van der Waals surface area contributed by atoms with Crippen molar-refractivity contribution < 1.29 is 18.3 Å². The maximum absolute atomic E-state index is 12.4. The van der Waals surface area contributed by atoms with E-state index >= 15 is 0 Å². The van der Waals surface area contributed by atoms with Gasteiger partial charge in [0.25, 0.3) is 0 Å². The molecule has 2 unspecified atom stereocenters. The summed E-state index contributed by atoms with van der Waals surface area (Å²) < 4.78 is 37.3. The lowest BCUT2D eigenvalue weighted by molar-refractivity contribution is -0.137. The fourth-order valence-electron chi connectivity index (χ4n) is 1.56. The third kappa shape index (κ3) is 2.96. The Hall–Kier alpha value is -1.07. The third-order valence-electron chi connectivity index (χ3n) is 2.48. The Bertz CT molecular complexity index is 349. The van der Waals surface area contributed by atoms with Gasteiger partial charge in [-0.15, -0.1) is 0 Å². The molecule has 0 radical (unpaired) electrons. The van der Waals surface area contributed by atoms with E-state index in [1.54, 1.807) is 6.07 Å². The molecule has 0 aliphatic heterocycles. The van der Waals surface area contributed by atoms with Gasteiger partial charge >= 0.3 is 6.18 Å². The Morgan fingerprint density at radius 2 is 2.00 bits per heavy atom. The van der Waals surface area contributed by atoms with Crippen LogP contribution in [0, 0.1) is 0 Å². The van der Waals surface area contributed by atoms with E-state index in [-0.39, 0.29) is 6.54 Å². The molecule has 5 heteroatoms. The maximum atomic E-state index is 12.4. The lowest BCUT2D eigenvalue weighted by Gasteiger charge is -2.19. The second kappa shape index (κ2) is 4.84. The summed E-state index contributed by atoms with van der Waals surface area (Å²) in [6.07, 6.45) is -5.14. The van der Waals surface area contributed by atoms with Crippen molar-refractivity contribution in [1.29, 1.82) is 0 Å². The van der Waals surface area contributed by atoms with Gasteiger partial charge in [0, 0.05) is 12.5 Å². The summed E-state index contributed by atoms with van der Waals surface area (Å²) in [5.74, 6) is -0.470. The van der Waals surface area contributed by atoms with Gasteiger partial charge in [-0.25, -0.2) is 0 Å². The van der Waals surface area contributed by atoms with Crippen LogP contribution in [-0.4, -0.2) is 17.8 Å². The molecule has 0 spiro atoms. The molecule has 0 bridgehead atoms. The van der Waals surface area contributed by atoms with Gasteiger partial charge in [0.2, 0.25) is 0 Å². The van der Waals surface area contributed by atoms with E-state index in [0.29, 0.717) is 5.56 Å². The van der Waals surface area contributed by atoms with Crippen LogP contribution in [-0.2, 0) is 6.18 Å². The highest BCUT2D eigenvalue weighted by Gasteiger charge is 2.31. The minimum absolute atomic E-state index is 0.110. The summed E-state index contributed by atoms with van der Waals surface area (Å²) in [5.41, 5.74) is 5.11. The molecule has 2 atom stereocenters. The van der Waals surface area contributed by atoms with Gasteiger partial charge in [0.05, 0.1) is 11.7 Å². The normalized spacial score (nSPS) is 15.9. The minimum atomic E-state index is -4.37. The highest BCUT2D eigenvalue weighted by molar-refractivity contribution is 5.29. The van der Waals surface area contributed by atoms with E-state index in [9.17, 15) is 18.3 Å². The van der Waals surface area contributed by atoms with E-state index in [1.165, 1.54) is 13.0 Å². The number of hydrogen-bond donors (Lipinski definition) is 2. The van der Waals surface area contributed by atoms with Crippen LogP contribution in [0.1, 0.15) is 24.0 Å². The molecule has 0 aliphatic carbocycles. The van der Waals surface area contributed by atoms with Crippen LogP contribution in [0.5, 0.6) is 0 Å². The van der Waals surface area contributed by atoms with E-state index in [4.69, 9.17) is 5.73 Å². The molecule has 0 saturated heterocycles. The molecule has 3 N–H and O–H groups in total. The van der Waals surface area contributed by atoms with Crippen LogP contribution >= 0.6 is 0 Å². The summed E-state index contributed by atoms with van der Waals surface area (Å²) in [7, 11) is 0. The van der Waals surface area contributed by atoms with Crippen LogP contribution in [0.2, 0.25) is 0 Å². The predicted octanol–water partition coefficient (Wildman–Crippen LogP) is 2.13. The van der Waals surface area contributed by atoms with Crippen molar-refractivity contribution in [1.82, 2.24) is 0 Å². The van der Waals surface area contributed by atoms with E-state index < -0.39 is 23.8 Å². The Labute approximate surface area is 91.9 Å². The molecular weight excluding hydrogens is 219 g/mol. The monoisotopic (exact) mass is 233 g/mol. The predicted molar refractivity (Wildman–Crippen MR) is 54.9 cm³/mol. The van der Waals surface area contributed by atoms with Crippen LogP contribution in [0.3, 0.4) is 0 Å². The molecule has 16 heavy (non-hydrogen) atoms. The Morgan fingerprint density at radius 3 is 2.44 bits per heavy atom. The Morgan fingerprint density at radius 1 is 1.38 bits per heavy atom. The number of nitrogens with two attached hydrogens (primary N) is 1. The molecule has 1 aromatic carbocycles.